The number of hydrogen-bond donors (Lipinski definition) is 5. The molecule has 180 valence electrons. The van der Waals surface area contributed by atoms with Crippen LogP contribution in [-0.4, -0.2) is 67.3 Å². The summed E-state index contributed by atoms with van der Waals surface area (Å²) in [5.41, 5.74) is 1.60. The van der Waals surface area contributed by atoms with Crippen LogP contribution in [0, 0.1) is 5.92 Å². The van der Waals surface area contributed by atoms with Gasteiger partial charge in [0.15, 0.2) is 0 Å². The lowest BCUT2D eigenvalue weighted by molar-refractivity contribution is 0.450. The number of aromatic amines is 1. The van der Waals surface area contributed by atoms with Gasteiger partial charge >= 0.3 is 0 Å². The van der Waals surface area contributed by atoms with E-state index in [1.807, 2.05) is 36.4 Å². The van der Waals surface area contributed by atoms with Crippen LogP contribution in [0.3, 0.4) is 0 Å². The number of nitrogens with one attached hydrogen (secondary N) is 3. The van der Waals surface area contributed by atoms with Crippen molar-refractivity contribution in [3.05, 3.63) is 46.8 Å². The SMILES string of the molecule is O=c1[nH]c(N2CC3CC2CS(O)(O)C3)nc(N[C@@H]2CCCNC2)c1-c1ccc2ccccc2n1. The fourth-order valence-corrected chi connectivity index (χ4v) is 7.68. The van der Waals surface area contributed by atoms with Crippen LogP contribution in [0.15, 0.2) is 41.2 Å². The molecule has 0 radical (unpaired) electrons. The van der Waals surface area contributed by atoms with E-state index in [1.165, 1.54) is 0 Å². The average molecular weight is 483 g/mol. The quantitative estimate of drug-likeness (QED) is 0.384. The molecule has 0 saturated carbocycles. The summed E-state index contributed by atoms with van der Waals surface area (Å²) in [5, 5.41) is 7.95. The first-order valence-corrected chi connectivity index (χ1v) is 13.8. The zero-order valence-corrected chi connectivity index (χ0v) is 19.7. The molecule has 3 aromatic rings. The maximum atomic E-state index is 13.5. The summed E-state index contributed by atoms with van der Waals surface area (Å²) in [5.74, 6) is 1.99. The van der Waals surface area contributed by atoms with Crippen LogP contribution in [0.1, 0.15) is 19.3 Å². The highest BCUT2D eigenvalue weighted by Crippen LogP contribution is 2.51. The van der Waals surface area contributed by atoms with Crippen molar-refractivity contribution in [3.63, 3.8) is 0 Å². The molecule has 0 spiro atoms. The Morgan fingerprint density at radius 1 is 1.12 bits per heavy atom. The summed E-state index contributed by atoms with van der Waals surface area (Å²) >= 11 is 0. The van der Waals surface area contributed by atoms with E-state index in [1.54, 1.807) is 0 Å². The second-order valence-corrected chi connectivity index (χ2v) is 12.0. The van der Waals surface area contributed by atoms with E-state index in [0.29, 0.717) is 41.1 Å². The summed E-state index contributed by atoms with van der Waals surface area (Å²) in [4.78, 5) is 28.2. The first-order chi connectivity index (χ1) is 16.4. The lowest BCUT2D eigenvalue weighted by Crippen LogP contribution is -2.40. The molecule has 2 aromatic heterocycles. The Labute approximate surface area is 199 Å². The molecule has 3 aliphatic heterocycles. The summed E-state index contributed by atoms with van der Waals surface area (Å²) < 4.78 is 20.6. The highest BCUT2D eigenvalue weighted by atomic mass is 32.3. The highest BCUT2D eigenvalue weighted by Gasteiger charge is 2.43. The number of hydrogen-bond acceptors (Lipinski definition) is 8. The first-order valence-electron chi connectivity index (χ1n) is 11.9. The van der Waals surface area contributed by atoms with E-state index in [2.05, 4.69) is 20.5 Å². The van der Waals surface area contributed by atoms with Gasteiger partial charge in [-0.15, -0.1) is 0 Å². The Hall–Kier alpha value is -2.66. The van der Waals surface area contributed by atoms with Gasteiger partial charge in [0.1, 0.15) is 11.4 Å². The second-order valence-electron chi connectivity index (χ2n) is 9.73. The Balaban J connectivity index is 1.42. The third-order valence-electron chi connectivity index (χ3n) is 7.13. The van der Waals surface area contributed by atoms with Crippen LogP contribution < -0.4 is 21.1 Å². The zero-order chi connectivity index (χ0) is 23.3. The van der Waals surface area contributed by atoms with Crippen LogP contribution in [0.5, 0.6) is 0 Å². The van der Waals surface area contributed by atoms with Crippen molar-refractivity contribution in [2.75, 3.05) is 41.4 Å². The van der Waals surface area contributed by atoms with E-state index < -0.39 is 10.6 Å². The number of anilines is 2. The number of rotatable bonds is 4. The first kappa shape index (κ1) is 21.8. The van der Waals surface area contributed by atoms with Crippen LogP contribution >= 0.6 is 10.6 Å². The minimum Gasteiger partial charge on any atom is -0.365 e. The number of piperidine rings is 1. The largest absolute Gasteiger partial charge is 0.365 e. The van der Waals surface area contributed by atoms with Gasteiger partial charge in [0.05, 0.1) is 17.0 Å². The molecule has 6 rings (SSSR count). The molecule has 3 saturated heterocycles. The highest BCUT2D eigenvalue weighted by molar-refractivity contribution is 8.24. The van der Waals surface area contributed by atoms with Gasteiger partial charge in [-0.25, -0.2) is 4.98 Å². The van der Waals surface area contributed by atoms with Gasteiger partial charge in [-0.2, -0.15) is 15.6 Å². The van der Waals surface area contributed by atoms with Crippen molar-refractivity contribution in [3.8, 4) is 11.3 Å². The Morgan fingerprint density at radius 3 is 2.85 bits per heavy atom. The van der Waals surface area contributed by atoms with Gasteiger partial charge < -0.3 is 15.5 Å². The van der Waals surface area contributed by atoms with Crippen LogP contribution in [0.4, 0.5) is 11.8 Å². The average Bonchev–Trinajstić information content (AvgIpc) is 3.13. The van der Waals surface area contributed by atoms with Crippen molar-refractivity contribution in [1.82, 2.24) is 20.3 Å². The van der Waals surface area contributed by atoms with Crippen molar-refractivity contribution in [2.45, 2.75) is 31.3 Å². The van der Waals surface area contributed by atoms with Gasteiger partial charge in [0.25, 0.3) is 5.56 Å². The topological polar surface area (TPSA) is 126 Å². The Morgan fingerprint density at radius 2 is 2.00 bits per heavy atom. The molecule has 5 heterocycles. The molecule has 0 amide bonds. The van der Waals surface area contributed by atoms with Gasteiger partial charge in [-0.1, -0.05) is 24.3 Å². The molecule has 3 aliphatic rings. The Kier molecular flexibility index (Phi) is 5.48. The monoisotopic (exact) mass is 482 g/mol. The van der Waals surface area contributed by atoms with Crippen molar-refractivity contribution in [2.24, 2.45) is 5.92 Å². The molecular formula is C24H30N6O3S. The normalized spacial score (nSPS) is 27.0. The number of pyridine rings is 1. The van der Waals surface area contributed by atoms with Crippen molar-refractivity contribution >= 4 is 33.3 Å². The summed E-state index contributed by atoms with van der Waals surface area (Å²) in [7, 11) is -2.57. The molecule has 3 atom stereocenters. The molecule has 10 heteroatoms. The number of para-hydroxylation sites is 1. The number of benzene rings is 1. The zero-order valence-electron chi connectivity index (χ0n) is 18.9. The van der Waals surface area contributed by atoms with E-state index in [-0.39, 0.29) is 23.6 Å². The maximum Gasteiger partial charge on any atom is 0.263 e. The number of aromatic nitrogens is 3. The molecule has 2 unspecified atom stereocenters. The van der Waals surface area contributed by atoms with Crippen LogP contribution in [-0.2, 0) is 0 Å². The number of fused-ring (bicyclic) bond motifs is 3. The van der Waals surface area contributed by atoms with E-state index >= 15 is 0 Å². The lowest BCUT2D eigenvalue weighted by atomic mass is 10.1. The number of nitrogens with zero attached hydrogens (tertiary/aromatic N) is 3. The predicted octanol–water partition coefficient (Wildman–Crippen LogP) is 3.11. The summed E-state index contributed by atoms with van der Waals surface area (Å²) in [6, 6.07) is 11.8. The molecule has 1 aromatic carbocycles. The van der Waals surface area contributed by atoms with Gasteiger partial charge in [0, 0.05) is 36.3 Å². The Bertz CT molecular complexity index is 1280. The molecule has 9 nitrogen and oxygen atoms in total. The molecule has 5 N–H and O–H groups in total. The third kappa shape index (κ3) is 4.15. The smallest absolute Gasteiger partial charge is 0.263 e. The lowest BCUT2D eigenvalue weighted by Gasteiger charge is -2.39. The molecule has 34 heavy (non-hydrogen) atoms. The predicted molar refractivity (Wildman–Crippen MR) is 137 cm³/mol. The molecular weight excluding hydrogens is 452 g/mol. The second kappa shape index (κ2) is 8.53. The summed E-state index contributed by atoms with van der Waals surface area (Å²) in [6.07, 6.45) is 2.95. The van der Waals surface area contributed by atoms with Gasteiger partial charge in [-0.05, 0) is 43.9 Å². The van der Waals surface area contributed by atoms with Crippen LogP contribution in [0.2, 0.25) is 0 Å². The number of H-pyrrole nitrogens is 1. The summed E-state index contributed by atoms with van der Waals surface area (Å²) in [6.45, 7) is 2.47. The maximum absolute atomic E-state index is 13.5. The van der Waals surface area contributed by atoms with Gasteiger partial charge in [0.2, 0.25) is 5.95 Å². The van der Waals surface area contributed by atoms with E-state index in [9.17, 15) is 13.9 Å². The van der Waals surface area contributed by atoms with Gasteiger partial charge in [-0.3, -0.25) is 18.9 Å². The third-order valence-corrected chi connectivity index (χ3v) is 9.06. The minimum absolute atomic E-state index is 0.0271. The van der Waals surface area contributed by atoms with E-state index in [0.717, 1.165) is 43.3 Å². The minimum atomic E-state index is -2.57. The van der Waals surface area contributed by atoms with Crippen molar-refractivity contribution in [1.29, 1.82) is 0 Å². The van der Waals surface area contributed by atoms with Crippen LogP contribution in [0.25, 0.3) is 22.2 Å². The fourth-order valence-electron chi connectivity index (χ4n) is 5.62. The fraction of sp³-hybridized carbons (Fsp3) is 0.458. The van der Waals surface area contributed by atoms with Crippen molar-refractivity contribution < 1.29 is 9.11 Å². The molecule has 2 bridgehead atoms. The van der Waals surface area contributed by atoms with E-state index in [4.69, 9.17) is 9.97 Å². The molecule has 3 fully saturated rings. The standard InChI is InChI=1S/C24H30N6O3S/c31-23-21(20-8-7-16-4-1-2-6-19(16)27-20)22(26-17-5-3-9-25-11-17)28-24(29-23)30-12-15-10-18(30)14-34(32,33)13-15/h1-2,4,6-8,15,17-18,25,32-33H,3,5,9-14H2,(H2,26,28,29,31)/t15?,17-,18?/m1/s1. The molecule has 0 aliphatic carbocycles.